The highest BCUT2D eigenvalue weighted by Crippen LogP contribution is 2.35. The Morgan fingerprint density at radius 3 is 2.45 bits per heavy atom. The van der Waals surface area contributed by atoms with E-state index in [0.717, 1.165) is 48.3 Å². The number of nitrogens with zero attached hydrogens (tertiary/aromatic N) is 2. The molecule has 1 fully saturated rings. The van der Waals surface area contributed by atoms with Crippen LogP contribution < -0.4 is 5.32 Å². The quantitative estimate of drug-likeness (QED) is 0.569. The van der Waals surface area contributed by atoms with E-state index in [2.05, 4.69) is 21.3 Å². The lowest BCUT2D eigenvalue weighted by molar-refractivity contribution is -0.0254. The van der Waals surface area contributed by atoms with Crippen molar-refractivity contribution >= 4 is 28.9 Å². The summed E-state index contributed by atoms with van der Waals surface area (Å²) in [7, 11) is 0. The number of amides is 1. The average molecular weight is 460 g/mol. The molecule has 0 saturated carbocycles. The molecule has 168 valence electrons. The van der Waals surface area contributed by atoms with Crippen LogP contribution in [0.15, 0.2) is 72.9 Å². The number of aliphatic hydroxyl groups is 1. The van der Waals surface area contributed by atoms with Crippen LogP contribution in [0.4, 0.5) is 5.82 Å². The second kappa shape index (κ2) is 9.10. The Labute approximate surface area is 198 Å². The number of pyridine rings is 1. The number of fused-ring (bicyclic) bond motifs is 2. The summed E-state index contributed by atoms with van der Waals surface area (Å²) in [5, 5.41) is 14.7. The highest BCUT2D eigenvalue weighted by Gasteiger charge is 2.33. The first-order valence-corrected chi connectivity index (χ1v) is 11.7. The molecule has 0 radical (unpaired) electrons. The number of rotatable bonds is 4. The van der Waals surface area contributed by atoms with Gasteiger partial charge in [-0.05, 0) is 66.3 Å². The van der Waals surface area contributed by atoms with Crippen molar-refractivity contribution in [2.24, 2.45) is 0 Å². The molecule has 3 heterocycles. The maximum Gasteiger partial charge on any atom is 0.257 e. The summed E-state index contributed by atoms with van der Waals surface area (Å²) in [4.78, 5) is 19.5. The molecular formula is C27H26ClN3O2. The minimum atomic E-state index is -0.795. The van der Waals surface area contributed by atoms with E-state index >= 15 is 0 Å². The van der Waals surface area contributed by atoms with E-state index in [1.54, 1.807) is 6.20 Å². The summed E-state index contributed by atoms with van der Waals surface area (Å²) < 4.78 is 0. The summed E-state index contributed by atoms with van der Waals surface area (Å²) in [6.07, 6.45) is 6.13. The van der Waals surface area contributed by atoms with Gasteiger partial charge in [0.15, 0.2) is 0 Å². The first-order chi connectivity index (χ1) is 16.0. The third kappa shape index (κ3) is 4.44. The number of likely N-dealkylation sites (tertiary alicyclic amines) is 1. The average Bonchev–Trinajstić information content (AvgIpc) is 2.95. The maximum absolute atomic E-state index is 12.7. The van der Waals surface area contributed by atoms with Crippen LogP contribution in [0, 0.1) is 0 Å². The van der Waals surface area contributed by atoms with Gasteiger partial charge in [-0.1, -0.05) is 48.0 Å². The van der Waals surface area contributed by atoms with Crippen LogP contribution in [-0.4, -0.2) is 40.5 Å². The van der Waals surface area contributed by atoms with Gasteiger partial charge in [0.1, 0.15) is 5.82 Å². The number of anilines is 1. The van der Waals surface area contributed by atoms with Crippen molar-refractivity contribution in [1.82, 2.24) is 9.88 Å². The lowest BCUT2D eigenvalue weighted by atomic mass is 9.84. The van der Waals surface area contributed by atoms with Gasteiger partial charge in [-0.15, -0.1) is 0 Å². The van der Waals surface area contributed by atoms with Crippen LogP contribution in [0.2, 0.25) is 5.02 Å². The highest BCUT2D eigenvalue weighted by atomic mass is 35.5. The van der Waals surface area contributed by atoms with Gasteiger partial charge in [-0.2, -0.15) is 0 Å². The topological polar surface area (TPSA) is 65.5 Å². The molecule has 33 heavy (non-hydrogen) atoms. The third-order valence-corrected chi connectivity index (χ3v) is 6.90. The number of aromatic nitrogens is 1. The summed E-state index contributed by atoms with van der Waals surface area (Å²) in [6, 6.07) is 19.1. The lowest BCUT2D eigenvalue weighted by Gasteiger charge is -2.38. The second-order valence-corrected chi connectivity index (χ2v) is 9.12. The Morgan fingerprint density at radius 2 is 1.70 bits per heavy atom. The molecule has 1 amide bonds. The molecule has 5 nitrogen and oxygen atoms in total. The Hall–Kier alpha value is -2.99. The molecule has 2 aliphatic heterocycles. The summed E-state index contributed by atoms with van der Waals surface area (Å²) in [5.74, 6) is 0.461. The first kappa shape index (κ1) is 21.8. The normalized spacial score (nSPS) is 18.8. The van der Waals surface area contributed by atoms with Crippen LogP contribution in [0.25, 0.3) is 5.57 Å². The Balaban J connectivity index is 1.31. The van der Waals surface area contributed by atoms with E-state index in [1.807, 2.05) is 60.7 Å². The number of benzene rings is 2. The number of hydrogen-bond acceptors (Lipinski definition) is 4. The van der Waals surface area contributed by atoms with Gasteiger partial charge in [-0.3, -0.25) is 4.79 Å². The van der Waals surface area contributed by atoms with E-state index in [-0.39, 0.29) is 5.91 Å². The molecule has 0 spiro atoms. The SMILES string of the molecule is O=C1Nc2ncccc2C(=CCCN2CCC(O)(c3ccc(Cl)cc3)CC2)c2ccccc21. The second-order valence-electron chi connectivity index (χ2n) is 8.69. The molecule has 1 aromatic heterocycles. The van der Waals surface area contributed by atoms with Gasteiger partial charge in [-0.25, -0.2) is 4.98 Å². The largest absolute Gasteiger partial charge is 0.385 e. The van der Waals surface area contributed by atoms with Gasteiger partial charge >= 0.3 is 0 Å². The molecule has 0 unspecified atom stereocenters. The molecule has 0 aliphatic carbocycles. The first-order valence-electron chi connectivity index (χ1n) is 11.3. The fourth-order valence-electron chi connectivity index (χ4n) is 4.76. The number of carbonyl (C=O) groups excluding carboxylic acids is 1. The van der Waals surface area contributed by atoms with Crippen LogP contribution >= 0.6 is 11.6 Å². The van der Waals surface area contributed by atoms with Crippen molar-refractivity contribution in [1.29, 1.82) is 0 Å². The molecule has 2 N–H and O–H groups in total. The van der Waals surface area contributed by atoms with Gasteiger partial charge in [0.05, 0.1) is 5.60 Å². The monoisotopic (exact) mass is 459 g/mol. The highest BCUT2D eigenvalue weighted by molar-refractivity contribution is 6.30. The van der Waals surface area contributed by atoms with Crippen LogP contribution in [-0.2, 0) is 5.60 Å². The van der Waals surface area contributed by atoms with Gasteiger partial charge in [0, 0.05) is 42.0 Å². The molecule has 3 aromatic rings. The maximum atomic E-state index is 12.7. The summed E-state index contributed by atoms with van der Waals surface area (Å²) in [6.45, 7) is 2.55. The predicted molar refractivity (Wildman–Crippen MR) is 131 cm³/mol. The fourth-order valence-corrected chi connectivity index (χ4v) is 4.89. The zero-order chi connectivity index (χ0) is 22.8. The summed E-state index contributed by atoms with van der Waals surface area (Å²) in [5.41, 5.74) is 3.69. The van der Waals surface area contributed by atoms with Gasteiger partial charge in [0.2, 0.25) is 0 Å². The van der Waals surface area contributed by atoms with Gasteiger partial charge < -0.3 is 15.3 Å². The molecular weight excluding hydrogens is 434 g/mol. The number of nitrogens with one attached hydrogen (secondary N) is 1. The van der Waals surface area contributed by atoms with E-state index in [4.69, 9.17) is 11.6 Å². The smallest absolute Gasteiger partial charge is 0.257 e. The van der Waals surface area contributed by atoms with E-state index in [1.165, 1.54) is 0 Å². The van der Waals surface area contributed by atoms with E-state index < -0.39 is 5.60 Å². The zero-order valence-electron chi connectivity index (χ0n) is 18.3. The minimum absolute atomic E-state index is 0.133. The van der Waals surface area contributed by atoms with Crippen molar-refractivity contribution in [2.45, 2.75) is 24.9 Å². The van der Waals surface area contributed by atoms with Crippen molar-refractivity contribution in [3.8, 4) is 0 Å². The minimum Gasteiger partial charge on any atom is -0.385 e. The number of hydrogen-bond donors (Lipinski definition) is 2. The van der Waals surface area contributed by atoms with Crippen LogP contribution in [0.1, 0.15) is 46.3 Å². The Bertz CT molecular complexity index is 1200. The van der Waals surface area contributed by atoms with Crippen molar-refractivity contribution in [3.63, 3.8) is 0 Å². The molecule has 2 aromatic carbocycles. The number of halogens is 1. The zero-order valence-corrected chi connectivity index (χ0v) is 19.1. The molecule has 5 rings (SSSR count). The molecule has 1 saturated heterocycles. The van der Waals surface area contributed by atoms with E-state index in [0.29, 0.717) is 29.2 Å². The lowest BCUT2D eigenvalue weighted by Crippen LogP contribution is -2.42. The molecule has 0 bridgehead atoms. The number of carbonyl (C=O) groups is 1. The standard InChI is InChI=1S/C27H26ClN3O2/c28-20-11-9-19(10-12-20)27(33)13-17-31(18-14-27)16-4-8-21-22-5-1-2-6-24(22)26(32)30-25-23(21)7-3-15-29-25/h1-3,5-12,15,33H,4,13-14,16-18H2,(H,29,30,32). The van der Waals surface area contributed by atoms with E-state index in [9.17, 15) is 9.90 Å². The number of piperidine rings is 1. The molecule has 2 aliphatic rings. The van der Waals surface area contributed by atoms with Crippen molar-refractivity contribution < 1.29 is 9.90 Å². The van der Waals surface area contributed by atoms with Crippen LogP contribution in [0.3, 0.4) is 0 Å². The molecule has 0 atom stereocenters. The fraction of sp³-hybridized carbons (Fsp3) is 0.259. The van der Waals surface area contributed by atoms with Crippen molar-refractivity contribution in [3.05, 3.63) is 100 Å². The Morgan fingerprint density at radius 1 is 1.00 bits per heavy atom. The predicted octanol–water partition coefficient (Wildman–Crippen LogP) is 5.11. The summed E-state index contributed by atoms with van der Waals surface area (Å²) >= 11 is 6.00. The Kier molecular flexibility index (Phi) is 6.02. The van der Waals surface area contributed by atoms with Crippen LogP contribution in [0.5, 0.6) is 0 Å². The van der Waals surface area contributed by atoms with Gasteiger partial charge in [0.25, 0.3) is 5.91 Å². The van der Waals surface area contributed by atoms with Crippen molar-refractivity contribution in [2.75, 3.05) is 25.0 Å². The third-order valence-electron chi connectivity index (χ3n) is 6.65. The molecule has 6 heteroatoms.